The first-order valence-corrected chi connectivity index (χ1v) is 11.8. The number of methoxy groups -OCH3 is 1. The summed E-state index contributed by atoms with van der Waals surface area (Å²) in [5.41, 5.74) is -0.150. The van der Waals surface area contributed by atoms with Gasteiger partial charge in [-0.1, -0.05) is 48.5 Å². The van der Waals surface area contributed by atoms with Crippen LogP contribution in [-0.2, 0) is 23.1 Å². The second-order valence-corrected chi connectivity index (χ2v) is 8.50. The third kappa shape index (κ3) is 5.69. The van der Waals surface area contributed by atoms with Crippen molar-refractivity contribution in [1.82, 2.24) is 14.5 Å². The lowest BCUT2D eigenvalue weighted by atomic mass is 10.0. The average Bonchev–Trinajstić information content (AvgIpc) is 2.95. The van der Waals surface area contributed by atoms with E-state index in [1.165, 1.54) is 28.6 Å². The molecule has 2 aromatic carbocycles. The summed E-state index contributed by atoms with van der Waals surface area (Å²) in [6.07, 6.45) is 1.48. The van der Waals surface area contributed by atoms with Crippen molar-refractivity contribution in [3.8, 4) is 5.75 Å². The molecule has 37 heavy (non-hydrogen) atoms. The summed E-state index contributed by atoms with van der Waals surface area (Å²) < 4.78 is 16.9. The first-order valence-electron chi connectivity index (χ1n) is 11.8. The molecule has 0 N–H and O–H groups in total. The number of piperidine rings is 1. The third-order valence-electron chi connectivity index (χ3n) is 6.11. The normalized spacial score (nSPS) is 15.1. The average molecular weight is 506 g/mol. The predicted molar refractivity (Wildman–Crippen MR) is 132 cm³/mol. The second kappa shape index (κ2) is 11.5. The zero-order valence-corrected chi connectivity index (χ0v) is 20.6. The molecule has 10 nitrogen and oxygen atoms in total. The molecule has 0 radical (unpaired) electrons. The summed E-state index contributed by atoms with van der Waals surface area (Å²) in [6.45, 7) is 0.490. The van der Waals surface area contributed by atoms with Crippen LogP contribution in [0.15, 0.2) is 65.5 Å². The van der Waals surface area contributed by atoms with E-state index >= 15 is 0 Å². The number of carbonyl (C=O) groups excluding carboxylic acids is 3. The molecule has 3 aromatic rings. The number of esters is 2. The van der Waals surface area contributed by atoms with Crippen LogP contribution < -0.4 is 10.3 Å². The summed E-state index contributed by atoms with van der Waals surface area (Å²) in [4.78, 5) is 57.5. The maximum atomic E-state index is 13.3. The molecule has 2 heterocycles. The molecular formula is C27H27N3O7. The lowest BCUT2D eigenvalue weighted by molar-refractivity contribution is 0.0577. The van der Waals surface area contributed by atoms with E-state index in [2.05, 4.69) is 4.98 Å². The van der Waals surface area contributed by atoms with Gasteiger partial charge in [-0.15, -0.1) is 0 Å². The number of hydrogen-bond acceptors (Lipinski definition) is 8. The molecule has 1 unspecified atom stereocenters. The lowest BCUT2D eigenvalue weighted by Crippen LogP contribution is -2.42. The largest absolute Gasteiger partial charge is 0.464 e. The number of nitrogens with zero attached hydrogens (tertiary/aromatic N) is 3. The highest BCUT2D eigenvalue weighted by Gasteiger charge is 2.35. The van der Waals surface area contributed by atoms with Gasteiger partial charge in [-0.2, -0.15) is 0 Å². The zero-order chi connectivity index (χ0) is 26.4. The molecule has 10 heteroatoms. The van der Waals surface area contributed by atoms with Gasteiger partial charge >= 0.3 is 18.0 Å². The molecule has 0 saturated carbocycles. The molecule has 1 atom stereocenters. The molecule has 1 aliphatic rings. The summed E-state index contributed by atoms with van der Waals surface area (Å²) >= 11 is 0. The molecule has 0 aliphatic carbocycles. The summed E-state index contributed by atoms with van der Waals surface area (Å²) in [7, 11) is 2.59. The zero-order valence-electron chi connectivity index (χ0n) is 20.6. The van der Waals surface area contributed by atoms with E-state index in [0.717, 1.165) is 25.5 Å². The summed E-state index contributed by atoms with van der Waals surface area (Å²) in [5, 5.41) is 0. The van der Waals surface area contributed by atoms with Crippen molar-refractivity contribution in [2.24, 2.45) is 7.05 Å². The Balaban J connectivity index is 1.66. The van der Waals surface area contributed by atoms with Crippen LogP contribution in [-0.4, -0.2) is 46.1 Å². The molecule has 1 aliphatic heterocycles. The van der Waals surface area contributed by atoms with E-state index in [4.69, 9.17) is 14.2 Å². The van der Waals surface area contributed by atoms with Crippen LogP contribution in [0, 0.1) is 0 Å². The van der Waals surface area contributed by atoms with Crippen LogP contribution in [0.5, 0.6) is 5.75 Å². The van der Waals surface area contributed by atoms with Gasteiger partial charge in [0.2, 0.25) is 5.75 Å². The van der Waals surface area contributed by atoms with Crippen molar-refractivity contribution in [2.45, 2.75) is 31.9 Å². The van der Waals surface area contributed by atoms with Gasteiger partial charge in [0.1, 0.15) is 12.4 Å². The number of amides is 1. The highest BCUT2D eigenvalue weighted by molar-refractivity contribution is 5.94. The van der Waals surface area contributed by atoms with Gasteiger partial charge < -0.3 is 14.2 Å². The first-order chi connectivity index (χ1) is 17.9. The van der Waals surface area contributed by atoms with E-state index < -0.39 is 41.1 Å². The van der Waals surface area contributed by atoms with Gasteiger partial charge in [0, 0.05) is 13.6 Å². The minimum atomic E-state index is -0.941. The maximum absolute atomic E-state index is 13.3. The standard InChI is InChI=1S/C27H27N3O7/c1-29-23(20-15-9-10-16-30(20)27(34)36-17-18-11-5-3-6-12-18)28-21(26(33)35-2)22(24(29)31)37-25(32)19-13-7-4-8-14-19/h3-8,11-14,20H,9-10,15-17H2,1-2H3. The van der Waals surface area contributed by atoms with Crippen LogP contribution in [0.1, 0.15) is 57.5 Å². The minimum Gasteiger partial charge on any atom is -0.464 e. The molecule has 4 rings (SSSR count). The topological polar surface area (TPSA) is 117 Å². The number of rotatable bonds is 6. The minimum absolute atomic E-state index is 0.0943. The molecular weight excluding hydrogens is 478 g/mol. The van der Waals surface area contributed by atoms with Gasteiger partial charge in [0.25, 0.3) is 5.56 Å². The van der Waals surface area contributed by atoms with Gasteiger partial charge in [-0.25, -0.2) is 19.4 Å². The van der Waals surface area contributed by atoms with E-state index in [-0.39, 0.29) is 18.0 Å². The van der Waals surface area contributed by atoms with Crippen molar-refractivity contribution < 1.29 is 28.6 Å². The van der Waals surface area contributed by atoms with E-state index in [0.29, 0.717) is 13.0 Å². The fraction of sp³-hybridized carbons (Fsp3) is 0.296. The Labute approximate surface area is 213 Å². The van der Waals surface area contributed by atoms with Crippen LogP contribution in [0.4, 0.5) is 4.79 Å². The van der Waals surface area contributed by atoms with Crippen molar-refractivity contribution in [3.05, 3.63) is 93.7 Å². The molecule has 0 spiro atoms. The number of hydrogen-bond donors (Lipinski definition) is 0. The number of benzene rings is 2. The predicted octanol–water partition coefficient (Wildman–Crippen LogP) is 3.65. The monoisotopic (exact) mass is 505 g/mol. The first kappa shape index (κ1) is 25.6. The van der Waals surface area contributed by atoms with Gasteiger partial charge in [0.15, 0.2) is 5.69 Å². The van der Waals surface area contributed by atoms with Gasteiger partial charge in [-0.3, -0.25) is 14.3 Å². The van der Waals surface area contributed by atoms with Crippen LogP contribution >= 0.6 is 0 Å². The Kier molecular flexibility index (Phi) is 7.97. The fourth-order valence-corrected chi connectivity index (χ4v) is 4.17. The molecule has 1 fully saturated rings. The second-order valence-electron chi connectivity index (χ2n) is 8.50. The van der Waals surface area contributed by atoms with Crippen LogP contribution in [0.25, 0.3) is 0 Å². The number of likely N-dealkylation sites (tertiary alicyclic amines) is 1. The Hall–Kier alpha value is -4.47. The van der Waals surface area contributed by atoms with Crippen LogP contribution in [0.3, 0.4) is 0 Å². The van der Waals surface area contributed by atoms with Gasteiger partial charge in [0.05, 0.1) is 18.7 Å². The quantitative estimate of drug-likeness (QED) is 0.466. The maximum Gasteiger partial charge on any atom is 0.410 e. The molecule has 192 valence electrons. The summed E-state index contributed by atoms with van der Waals surface area (Å²) in [6, 6.07) is 16.7. The van der Waals surface area contributed by atoms with Crippen molar-refractivity contribution in [2.75, 3.05) is 13.7 Å². The molecule has 1 aromatic heterocycles. The van der Waals surface area contributed by atoms with Crippen molar-refractivity contribution >= 4 is 18.0 Å². The smallest absolute Gasteiger partial charge is 0.410 e. The number of carbonyl (C=O) groups is 3. The van der Waals surface area contributed by atoms with Crippen LogP contribution in [0.2, 0.25) is 0 Å². The summed E-state index contributed by atoms with van der Waals surface area (Å²) in [5.74, 6) is -2.13. The highest BCUT2D eigenvalue weighted by atomic mass is 16.6. The van der Waals surface area contributed by atoms with E-state index in [1.807, 2.05) is 30.3 Å². The molecule has 1 saturated heterocycles. The van der Waals surface area contributed by atoms with Crippen molar-refractivity contribution in [3.63, 3.8) is 0 Å². The Morgan fingerprint density at radius 2 is 1.65 bits per heavy atom. The number of ether oxygens (including phenoxy) is 3. The fourth-order valence-electron chi connectivity index (χ4n) is 4.17. The molecule has 0 bridgehead atoms. The number of aromatic nitrogens is 2. The van der Waals surface area contributed by atoms with Crippen molar-refractivity contribution in [1.29, 1.82) is 0 Å². The highest BCUT2D eigenvalue weighted by Crippen LogP contribution is 2.31. The molecule has 1 amide bonds. The third-order valence-corrected chi connectivity index (χ3v) is 6.11. The lowest BCUT2D eigenvalue weighted by Gasteiger charge is -2.35. The Morgan fingerprint density at radius 1 is 0.973 bits per heavy atom. The van der Waals surface area contributed by atoms with Gasteiger partial charge in [-0.05, 0) is 37.0 Å². The van der Waals surface area contributed by atoms with E-state index in [1.54, 1.807) is 18.2 Å². The Morgan fingerprint density at radius 3 is 2.32 bits per heavy atom. The van der Waals surface area contributed by atoms with E-state index in [9.17, 15) is 19.2 Å². The Bertz CT molecular complexity index is 1340. The SMILES string of the molecule is COC(=O)c1nc(C2CCCCN2C(=O)OCc2ccccc2)n(C)c(=O)c1OC(=O)c1ccccc1.